The number of piperidine rings is 1. The monoisotopic (exact) mass is 556 g/mol. The first-order valence-electron chi connectivity index (χ1n) is 13.7. The number of hydrogen-bond donors (Lipinski definition) is 0. The van der Waals surface area contributed by atoms with Crippen molar-refractivity contribution < 1.29 is 21.6 Å². The molecule has 208 valence electrons. The SMILES string of the molecule is Cc1ccccc1S(=O)(=O)N(c1cccc(C(F)(F)F)c1)C1CCN([C@@H]2CCCC[C@@H]2c2ccccc2)CC1. The van der Waals surface area contributed by atoms with Gasteiger partial charge in [0.15, 0.2) is 0 Å². The Morgan fingerprint density at radius 2 is 1.49 bits per heavy atom. The van der Waals surface area contributed by atoms with Gasteiger partial charge in [0.05, 0.1) is 16.1 Å². The molecule has 2 fully saturated rings. The van der Waals surface area contributed by atoms with Crippen molar-refractivity contribution in [3.05, 3.63) is 95.6 Å². The molecule has 1 saturated carbocycles. The molecule has 0 bridgehead atoms. The molecule has 0 spiro atoms. The fourth-order valence-corrected chi connectivity index (χ4v) is 8.34. The van der Waals surface area contributed by atoms with Crippen LogP contribution in [0, 0.1) is 6.92 Å². The van der Waals surface area contributed by atoms with Gasteiger partial charge < -0.3 is 0 Å². The fourth-order valence-electron chi connectivity index (χ4n) is 6.41. The maximum atomic E-state index is 14.1. The molecule has 0 unspecified atom stereocenters. The van der Waals surface area contributed by atoms with Gasteiger partial charge in [0, 0.05) is 25.2 Å². The Balaban J connectivity index is 1.44. The van der Waals surface area contributed by atoms with Crippen LogP contribution in [0.1, 0.15) is 61.1 Å². The standard InChI is InChI=1S/C31H35F3N2O2S/c1-23-10-5-8-17-30(23)39(37,38)36(27-14-9-13-25(22-27)31(32,33)34)26-18-20-35(21-19-26)29-16-7-6-15-28(29)24-11-3-2-4-12-24/h2-5,8-14,17,22,26,28-29H,6-7,15-16,18-21H2,1H3/t28-,29-/m1/s1. The first kappa shape index (κ1) is 27.7. The van der Waals surface area contributed by atoms with Crippen molar-refractivity contribution in [1.29, 1.82) is 0 Å². The summed E-state index contributed by atoms with van der Waals surface area (Å²) in [7, 11) is -4.10. The summed E-state index contributed by atoms with van der Waals surface area (Å²) in [5, 5.41) is 0. The van der Waals surface area contributed by atoms with Crippen molar-refractivity contribution in [2.24, 2.45) is 0 Å². The van der Waals surface area contributed by atoms with E-state index in [1.54, 1.807) is 25.1 Å². The molecular formula is C31H35F3N2O2S. The fraction of sp³-hybridized carbons (Fsp3) is 0.419. The smallest absolute Gasteiger partial charge is 0.300 e. The van der Waals surface area contributed by atoms with E-state index in [0.29, 0.717) is 43.5 Å². The van der Waals surface area contributed by atoms with Crippen molar-refractivity contribution in [1.82, 2.24) is 4.90 Å². The number of hydrogen-bond acceptors (Lipinski definition) is 3. The van der Waals surface area contributed by atoms with E-state index in [-0.39, 0.29) is 10.6 Å². The Bertz CT molecular complexity index is 1370. The molecule has 0 amide bonds. The van der Waals surface area contributed by atoms with Gasteiger partial charge in [-0.2, -0.15) is 13.2 Å². The minimum absolute atomic E-state index is 0.0614. The van der Waals surface area contributed by atoms with Gasteiger partial charge in [-0.15, -0.1) is 0 Å². The van der Waals surface area contributed by atoms with E-state index in [4.69, 9.17) is 0 Å². The van der Waals surface area contributed by atoms with E-state index in [1.165, 1.54) is 40.9 Å². The molecule has 0 radical (unpaired) electrons. The molecule has 2 aliphatic rings. The topological polar surface area (TPSA) is 40.6 Å². The Morgan fingerprint density at radius 1 is 0.821 bits per heavy atom. The van der Waals surface area contributed by atoms with Gasteiger partial charge in [-0.25, -0.2) is 8.42 Å². The molecule has 4 nitrogen and oxygen atoms in total. The molecule has 3 aromatic rings. The van der Waals surface area contributed by atoms with Gasteiger partial charge in [0.2, 0.25) is 0 Å². The zero-order valence-electron chi connectivity index (χ0n) is 22.1. The van der Waals surface area contributed by atoms with Crippen molar-refractivity contribution in [3.63, 3.8) is 0 Å². The molecule has 1 aliphatic heterocycles. The Kier molecular flexibility index (Phi) is 8.06. The van der Waals surface area contributed by atoms with E-state index in [2.05, 4.69) is 29.2 Å². The van der Waals surface area contributed by atoms with Gasteiger partial charge in [0.25, 0.3) is 10.0 Å². The summed E-state index contributed by atoms with van der Waals surface area (Å²) in [6.07, 6.45) is 1.15. The summed E-state index contributed by atoms with van der Waals surface area (Å²) in [4.78, 5) is 2.61. The van der Waals surface area contributed by atoms with E-state index < -0.39 is 27.8 Å². The van der Waals surface area contributed by atoms with Crippen LogP contribution < -0.4 is 4.31 Å². The highest BCUT2D eigenvalue weighted by Gasteiger charge is 2.39. The normalized spacial score (nSPS) is 21.5. The van der Waals surface area contributed by atoms with E-state index in [0.717, 1.165) is 25.0 Å². The second-order valence-corrected chi connectivity index (χ2v) is 12.5. The Labute approximate surface area is 229 Å². The molecule has 2 atom stereocenters. The van der Waals surface area contributed by atoms with Crippen molar-refractivity contribution in [2.45, 2.75) is 74.5 Å². The highest BCUT2D eigenvalue weighted by atomic mass is 32.2. The third kappa shape index (κ3) is 5.87. The van der Waals surface area contributed by atoms with Crippen LogP contribution in [0.2, 0.25) is 0 Å². The maximum Gasteiger partial charge on any atom is 0.416 e. The van der Waals surface area contributed by atoms with Crippen molar-refractivity contribution >= 4 is 15.7 Å². The number of aryl methyl sites for hydroxylation is 1. The summed E-state index contributed by atoms with van der Waals surface area (Å²) in [5.74, 6) is 0.437. The van der Waals surface area contributed by atoms with Crippen molar-refractivity contribution in [3.8, 4) is 0 Å². The van der Waals surface area contributed by atoms with Gasteiger partial charge in [-0.05, 0) is 73.9 Å². The van der Waals surface area contributed by atoms with Gasteiger partial charge in [0.1, 0.15) is 0 Å². The summed E-state index contributed by atoms with van der Waals surface area (Å²) in [6, 6.07) is 21.9. The molecule has 39 heavy (non-hydrogen) atoms. The average Bonchev–Trinajstić information content (AvgIpc) is 2.94. The summed E-state index contributed by atoms with van der Waals surface area (Å²) >= 11 is 0. The van der Waals surface area contributed by atoms with Crippen LogP contribution in [-0.2, 0) is 16.2 Å². The minimum atomic E-state index is -4.56. The molecule has 1 saturated heterocycles. The molecule has 1 heterocycles. The molecule has 0 N–H and O–H groups in total. The second kappa shape index (κ2) is 11.3. The summed E-state index contributed by atoms with van der Waals surface area (Å²) in [6.45, 7) is 3.13. The third-order valence-electron chi connectivity index (χ3n) is 8.32. The van der Waals surface area contributed by atoms with Crippen LogP contribution in [0.4, 0.5) is 18.9 Å². The molecule has 8 heteroatoms. The summed E-state index contributed by atoms with van der Waals surface area (Å²) in [5.41, 5.74) is 1.12. The number of likely N-dealkylation sites (tertiary alicyclic amines) is 1. The number of sulfonamides is 1. The minimum Gasteiger partial charge on any atom is -0.300 e. The van der Waals surface area contributed by atoms with Crippen LogP contribution in [0.15, 0.2) is 83.8 Å². The molecule has 5 rings (SSSR count). The number of alkyl halides is 3. The average molecular weight is 557 g/mol. The van der Waals surface area contributed by atoms with E-state index in [1.807, 2.05) is 6.07 Å². The highest BCUT2D eigenvalue weighted by molar-refractivity contribution is 7.93. The Hall–Kier alpha value is -2.84. The lowest BCUT2D eigenvalue weighted by molar-refractivity contribution is -0.137. The largest absolute Gasteiger partial charge is 0.416 e. The first-order valence-corrected chi connectivity index (χ1v) is 15.2. The number of nitrogens with zero attached hydrogens (tertiary/aromatic N) is 2. The molecule has 3 aromatic carbocycles. The van der Waals surface area contributed by atoms with Crippen LogP contribution in [-0.4, -0.2) is 38.5 Å². The third-order valence-corrected chi connectivity index (χ3v) is 10.4. The lowest BCUT2D eigenvalue weighted by Crippen LogP contribution is -2.51. The predicted molar refractivity (Wildman–Crippen MR) is 148 cm³/mol. The molecular weight excluding hydrogens is 521 g/mol. The zero-order valence-corrected chi connectivity index (χ0v) is 23.0. The number of rotatable bonds is 6. The number of benzene rings is 3. The first-order chi connectivity index (χ1) is 18.7. The van der Waals surface area contributed by atoms with Crippen LogP contribution in [0.25, 0.3) is 0 Å². The van der Waals surface area contributed by atoms with Crippen molar-refractivity contribution in [2.75, 3.05) is 17.4 Å². The molecule has 1 aliphatic carbocycles. The maximum absolute atomic E-state index is 14.1. The second-order valence-electron chi connectivity index (χ2n) is 10.8. The lowest BCUT2D eigenvalue weighted by atomic mass is 9.78. The Morgan fingerprint density at radius 3 is 2.18 bits per heavy atom. The number of anilines is 1. The van der Waals surface area contributed by atoms with Gasteiger partial charge >= 0.3 is 6.18 Å². The van der Waals surface area contributed by atoms with Gasteiger partial charge in [-0.3, -0.25) is 9.21 Å². The summed E-state index contributed by atoms with van der Waals surface area (Å²) < 4.78 is 70.2. The van der Waals surface area contributed by atoms with Crippen LogP contribution in [0.5, 0.6) is 0 Å². The lowest BCUT2D eigenvalue weighted by Gasteiger charge is -2.45. The number of halogens is 3. The quantitative estimate of drug-likeness (QED) is 0.318. The molecule has 0 aromatic heterocycles. The van der Waals surface area contributed by atoms with Crippen LogP contribution >= 0.6 is 0 Å². The van der Waals surface area contributed by atoms with Gasteiger partial charge in [-0.1, -0.05) is 67.4 Å². The highest BCUT2D eigenvalue weighted by Crippen LogP contribution is 2.40. The van der Waals surface area contributed by atoms with Crippen LogP contribution in [0.3, 0.4) is 0 Å². The zero-order chi connectivity index (χ0) is 27.6. The predicted octanol–water partition coefficient (Wildman–Crippen LogP) is 7.40. The van der Waals surface area contributed by atoms with E-state index >= 15 is 0 Å². The van der Waals surface area contributed by atoms with E-state index in [9.17, 15) is 21.6 Å².